The molecule has 0 bridgehead atoms. The first kappa shape index (κ1) is 20.9. The van der Waals surface area contributed by atoms with E-state index in [2.05, 4.69) is 10.6 Å². The molecule has 0 saturated carbocycles. The van der Waals surface area contributed by atoms with Crippen molar-refractivity contribution in [3.8, 4) is 0 Å². The highest BCUT2D eigenvalue weighted by Crippen LogP contribution is 2.17. The summed E-state index contributed by atoms with van der Waals surface area (Å²) in [4.78, 5) is 41.2. The van der Waals surface area contributed by atoms with Gasteiger partial charge in [0.15, 0.2) is 0 Å². The number of fused-ring (bicyclic) bond motifs is 1. The number of hydrogen-bond acceptors (Lipinski definition) is 4. The van der Waals surface area contributed by atoms with Crippen LogP contribution in [0.25, 0.3) is 0 Å². The Balaban J connectivity index is 1.28. The Hall–Kier alpha value is -3.39. The number of carbonyl (C=O) groups excluding carboxylic acids is 3. The van der Waals surface area contributed by atoms with Gasteiger partial charge in [-0.05, 0) is 11.1 Å². The third-order valence-corrected chi connectivity index (χ3v) is 5.55. The Morgan fingerprint density at radius 1 is 1.00 bits per heavy atom. The molecule has 2 aromatic carbocycles. The van der Waals surface area contributed by atoms with Crippen LogP contribution in [0.1, 0.15) is 11.1 Å². The number of nitrogens with one attached hydrogen (secondary N) is 2. The lowest BCUT2D eigenvalue weighted by Crippen LogP contribution is -2.70. The van der Waals surface area contributed by atoms with Crippen molar-refractivity contribution < 1.29 is 19.1 Å². The van der Waals surface area contributed by atoms with Gasteiger partial charge in [-0.3, -0.25) is 9.59 Å². The highest BCUT2D eigenvalue weighted by Gasteiger charge is 2.44. The first-order chi connectivity index (χ1) is 15.1. The van der Waals surface area contributed by atoms with Crippen LogP contribution in [0, 0.1) is 0 Å². The van der Waals surface area contributed by atoms with Crippen LogP contribution in [0.4, 0.5) is 4.79 Å². The minimum atomic E-state index is -0.703. The molecule has 2 aliphatic rings. The maximum absolute atomic E-state index is 12.8. The molecule has 2 N–H and O–H groups in total. The normalized spacial score (nSPS) is 20.8. The molecule has 0 unspecified atom stereocenters. The predicted octanol–water partition coefficient (Wildman–Crippen LogP) is 1.12. The smallest absolute Gasteiger partial charge is 0.317 e. The lowest BCUT2D eigenvalue weighted by atomic mass is 10.0. The first-order valence-corrected chi connectivity index (χ1v) is 10.4. The molecule has 2 fully saturated rings. The second-order valence-corrected chi connectivity index (χ2v) is 7.70. The average Bonchev–Trinajstić information content (AvgIpc) is 2.81. The van der Waals surface area contributed by atoms with E-state index in [4.69, 9.17) is 4.74 Å². The van der Waals surface area contributed by atoms with Crippen LogP contribution >= 0.6 is 0 Å². The van der Waals surface area contributed by atoms with E-state index in [0.29, 0.717) is 26.2 Å². The second-order valence-electron chi connectivity index (χ2n) is 7.70. The summed E-state index contributed by atoms with van der Waals surface area (Å²) in [5, 5.41) is 5.63. The van der Waals surface area contributed by atoms with Crippen molar-refractivity contribution in [2.75, 3.05) is 26.2 Å². The summed E-state index contributed by atoms with van der Waals surface area (Å²) in [7, 11) is 0. The molecule has 2 heterocycles. The fourth-order valence-corrected chi connectivity index (χ4v) is 3.85. The summed E-state index contributed by atoms with van der Waals surface area (Å²) in [6.07, 6.45) is 0. The van der Waals surface area contributed by atoms with Gasteiger partial charge in [0.25, 0.3) is 0 Å². The van der Waals surface area contributed by atoms with Crippen molar-refractivity contribution in [1.82, 2.24) is 20.4 Å². The quantitative estimate of drug-likeness (QED) is 0.730. The molecule has 8 heteroatoms. The molecular formula is C23H26N4O4. The van der Waals surface area contributed by atoms with Crippen molar-refractivity contribution in [2.45, 2.75) is 25.2 Å². The topological polar surface area (TPSA) is 91.0 Å². The van der Waals surface area contributed by atoms with E-state index in [1.165, 1.54) is 0 Å². The average molecular weight is 422 g/mol. The van der Waals surface area contributed by atoms with Gasteiger partial charge in [0, 0.05) is 19.6 Å². The zero-order valence-corrected chi connectivity index (χ0v) is 17.2. The van der Waals surface area contributed by atoms with Crippen molar-refractivity contribution in [3.05, 3.63) is 71.8 Å². The Kier molecular flexibility index (Phi) is 6.47. The van der Waals surface area contributed by atoms with Crippen LogP contribution in [-0.4, -0.2) is 66.0 Å². The van der Waals surface area contributed by atoms with Gasteiger partial charge in [0.05, 0.1) is 19.8 Å². The molecular weight excluding hydrogens is 396 g/mol. The minimum absolute atomic E-state index is 0.115. The molecule has 8 nitrogen and oxygen atoms in total. The summed E-state index contributed by atoms with van der Waals surface area (Å²) >= 11 is 0. The Morgan fingerprint density at radius 3 is 2.39 bits per heavy atom. The summed E-state index contributed by atoms with van der Waals surface area (Å²) in [6.45, 7) is 1.79. The highest BCUT2D eigenvalue weighted by atomic mass is 16.5. The lowest BCUT2D eigenvalue weighted by molar-refractivity contribution is -0.154. The summed E-state index contributed by atoms with van der Waals surface area (Å²) in [5.74, 6) is -0.421. The molecule has 0 spiro atoms. The molecule has 2 aliphatic heterocycles. The first-order valence-electron chi connectivity index (χ1n) is 10.4. The fourth-order valence-electron chi connectivity index (χ4n) is 3.85. The van der Waals surface area contributed by atoms with Crippen LogP contribution in [0.15, 0.2) is 60.7 Å². The van der Waals surface area contributed by atoms with Gasteiger partial charge in [0.1, 0.15) is 12.1 Å². The molecule has 162 valence electrons. The van der Waals surface area contributed by atoms with Gasteiger partial charge >= 0.3 is 6.03 Å². The van der Waals surface area contributed by atoms with Gasteiger partial charge in [-0.25, -0.2) is 4.79 Å². The number of urea groups is 1. The zero-order valence-electron chi connectivity index (χ0n) is 17.2. The number of rotatable bonds is 6. The number of ether oxygens (including phenoxy) is 1. The molecule has 0 radical (unpaired) electrons. The van der Waals surface area contributed by atoms with E-state index in [9.17, 15) is 14.4 Å². The van der Waals surface area contributed by atoms with Gasteiger partial charge in [-0.15, -0.1) is 0 Å². The molecule has 4 rings (SSSR count). The number of piperazine rings is 2. The van der Waals surface area contributed by atoms with Gasteiger partial charge in [-0.2, -0.15) is 0 Å². The largest absolute Gasteiger partial charge is 0.374 e. The van der Waals surface area contributed by atoms with E-state index in [1.807, 2.05) is 60.7 Å². The fraction of sp³-hybridized carbons (Fsp3) is 0.348. The van der Waals surface area contributed by atoms with Gasteiger partial charge in [-0.1, -0.05) is 60.7 Å². The molecule has 2 saturated heterocycles. The van der Waals surface area contributed by atoms with Gasteiger partial charge < -0.3 is 25.2 Å². The molecule has 4 amide bonds. The Labute approximate surface area is 181 Å². The second kappa shape index (κ2) is 9.61. The number of amides is 4. The number of hydrogen-bond donors (Lipinski definition) is 2. The Morgan fingerprint density at radius 2 is 1.68 bits per heavy atom. The maximum Gasteiger partial charge on any atom is 0.317 e. The molecule has 2 aromatic rings. The van der Waals surface area contributed by atoms with Crippen molar-refractivity contribution in [3.63, 3.8) is 0 Å². The van der Waals surface area contributed by atoms with Crippen molar-refractivity contribution in [2.24, 2.45) is 0 Å². The molecule has 0 aromatic heterocycles. The summed E-state index contributed by atoms with van der Waals surface area (Å²) < 4.78 is 5.65. The van der Waals surface area contributed by atoms with Crippen molar-refractivity contribution in [1.29, 1.82) is 0 Å². The zero-order chi connectivity index (χ0) is 21.6. The van der Waals surface area contributed by atoms with Crippen LogP contribution < -0.4 is 10.6 Å². The molecule has 2 atom stereocenters. The third kappa shape index (κ3) is 5.03. The minimum Gasteiger partial charge on any atom is -0.374 e. The van der Waals surface area contributed by atoms with E-state index in [1.54, 1.807) is 9.80 Å². The van der Waals surface area contributed by atoms with Crippen LogP contribution in [-0.2, 0) is 27.5 Å². The monoisotopic (exact) mass is 422 g/mol. The standard InChI is InChI=1S/C23H26N4O4/c28-21-20-14-26(23(30)24-13-17-7-3-1-4-8-17)11-12-27(20)22(29)19(25-21)16-31-15-18-9-5-2-6-10-18/h1-10,19-20H,11-16H2,(H,24,30)(H,25,28)/t19-,20+/m0/s1. The number of benzene rings is 2. The number of nitrogens with zero attached hydrogens (tertiary/aromatic N) is 2. The SMILES string of the molecule is O=C1N[C@@H](COCc2ccccc2)C(=O)N2CCN(C(=O)NCc3ccccc3)C[C@H]12. The Bertz CT molecular complexity index is 922. The van der Waals surface area contributed by atoms with E-state index < -0.39 is 12.1 Å². The van der Waals surface area contributed by atoms with Crippen LogP contribution in [0.2, 0.25) is 0 Å². The van der Waals surface area contributed by atoms with Crippen LogP contribution in [0.5, 0.6) is 0 Å². The number of carbonyl (C=O) groups is 3. The van der Waals surface area contributed by atoms with Gasteiger partial charge in [0.2, 0.25) is 11.8 Å². The highest BCUT2D eigenvalue weighted by molar-refractivity contribution is 5.97. The molecule has 0 aliphatic carbocycles. The third-order valence-electron chi connectivity index (χ3n) is 5.55. The molecule has 31 heavy (non-hydrogen) atoms. The van der Waals surface area contributed by atoms with E-state index >= 15 is 0 Å². The summed E-state index contributed by atoms with van der Waals surface area (Å²) in [6, 6.07) is 17.7. The lowest BCUT2D eigenvalue weighted by Gasteiger charge is -2.45. The van der Waals surface area contributed by atoms with Crippen molar-refractivity contribution >= 4 is 17.8 Å². The van der Waals surface area contributed by atoms with Crippen LogP contribution in [0.3, 0.4) is 0 Å². The predicted molar refractivity (Wildman–Crippen MR) is 114 cm³/mol. The van der Waals surface area contributed by atoms with E-state index in [0.717, 1.165) is 11.1 Å². The summed E-state index contributed by atoms with van der Waals surface area (Å²) in [5.41, 5.74) is 2.00. The maximum atomic E-state index is 12.8. The van der Waals surface area contributed by atoms with E-state index in [-0.39, 0.29) is 31.0 Å².